The fourth-order valence-corrected chi connectivity index (χ4v) is 4.01. The van der Waals surface area contributed by atoms with Crippen LogP contribution >= 0.6 is 11.6 Å². The van der Waals surface area contributed by atoms with Gasteiger partial charge < -0.3 is 10.1 Å². The molecule has 6 nitrogen and oxygen atoms in total. The molecule has 0 aliphatic carbocycles. The van der Waals surface area contributed by atoms with Gasteiger partial charge in [0.25, 0.3) is 5.91 Å². The van der Waals surface area contributed by atoms with E-state index in [0.29, 0.717) is 22.1 Å². The maximum atomic E-state index is 12.7. The van der Waals surface area contributed by atoms with Crippen LogP contribution in [0.3, 0.4) is 0 Å². The number of hydrogen-bond acceptors (Lipinski definition) is 4. The largest absolute Gasteiger partial charge is 0.476 e. The molecule has 0 saturated carbocycles. The molecule has 1 N–H and O–H groups in total. The highest BCUT2D eigenvalue weighted by Gasteiger charge is 2.36. The molecule has 1 aliphatic rings. The molecular weight excluding hydrogens is 376 g/mol. The molecule has 26 heavy (non-hydrogen) atoms. The summed E-state index contributed by atoms with van der Waals surface area (Å²) in [6.07, 6.45) is -0.968. The van der Waals surface area contributed by atoms with Gasteiger partial charge in [0.2, 0.25) is 10.0 Å². The number of para-hydroxylation sites is 2. The van der Waals surface area contributed by atoms with E-state index >= 15 is 0 Å². The first-order valence-electron chi connectivity index (χ1n) is 8.15. The molecule has 0 spiro atoms. The number of hydrogen-bond donors (Lipinski definition) is 1. The van der Waals surface area contributed by atoms with E-state index in [2.05, 4.69) is 5.32 Å². The highest BCUT2D eigenvalue weighted by molar-refractivity contribution is 7.92. The highest BCUT2D eigenvalue weighted by atomic mass is 35.5. The third-order valence-electron chi connectivity index (χ3n) is 4.25. The Bertz CT molecular complexity index is 946. The molecule has 0 radical (unpaired) electrons. The zero-order valence-electron chi connectivity index (χ0n) is 14.4. The Morgan fingerprint density at radius 1 is 1.27 bits per heavy atom. The number of nitrogens with zero attached hydrogens (tertiary/aromatic N) is 1. The van der Waals surface area contributed by atoms with Gasteiger partial charge in [0.05, 0.1) is 18.0 Å². The van der Waals surface area contributed by atoms with E-state index in [4.69, 9.17) is 16.3 Å². The van der Waals surface area contributed by atoms with Gasteiger partial charge in [0.1, 0.15) is 5.75 Å². The second-order valence-corrected chi connectivity index (χ2v) is 8.50. The zero-order valence-corrected chi connectivity index (χ0v) is 16.0. The van der Waals surface area contributed by atoms with Crippen molar-refractivity contribution >= 4 is 38.9 Å². The van der Waals surface area contributed by atoms with E-state index in [-0.39, 0.29) is 12.3 Å². The minimum Gasteiger partial charge on any atom is -0.476 e. The average Bonchev–Trinajstić information content (AvgIpc) is 2.64. The second kappa shape index (κ2) is 7.17. The summed E-state index contributed by atoms with van der Waals surface area (Å²) in [5.41, 5.74) is 1.74. The molecule has 0 bridgehead atoms. The number of carbonyl (C=O) groups excluding carboxylic acids is 1. The maximum absolute atomic E-state index is 12.7. The number of sulfonamides is 1. The Morgan fingerprint density at radius 3 is 2.73 bits per heavy atom. The van der Waals surface area contributed by atoms with Crippen LogP contribution in [0, 0.1) is 6.92 Å². The Morgan fingerprint density at radius 2 is 2.00 bits per heavy atom. The highest BCUT2D eigenvalue weighted by Crippen LogP contribution is 2.35. The summed E-state index contributed by atoms with van der Waals surface area (Å²) in [6, 6.07) is 12.0. The molecule has 1 atom stereocenters. The van der Waals surface area contributed by atoms with E-state index in [0.717, 1.165) is 5.56 Å². The number of halogens is 1. The number of benzene rings is 2. The minimum absolute atomic E-state index is 0.0664. The Hall–Kier alpha value is -2.25. The lowest BCUT2D eigenvalue weighted by Gasteiger charge is -2.34. The summed E-state index contributed by atoms with van der Waals surface area (Å²) < 4.78 is 31.9. The van der Waals surface area contributed by atoms with Crippen molar-refractivity contribution in [1.29, 1.82) is 0 Å². The lowest BCUT2D eigenvalue weighted by atomic mass is 10.1. The van der Waals surface area contributed by atoms with Crippen LogP contribution in [-0.4, -0.2) is 32.7 Å². The van der Waals surface area contributed by atoms with Crippen molar-refractivity contribution < 1.29 is 17.9 Å². The average molecular weight is 395 g/mol. The van der Waals surface area contributed by atoms with E-state index in [9.17, 15) is 13.2 Å². The molecule has 1 amide bonds. The third-order valence-corrected chi connectivity index (χ3v) is 6.41. The SMILES string of the molecule is CCS(=O)(=O)N1C[C@H](C(=O)Nc2cccc(Cl)c2C)Oc2ccccc21. The van der Waals surface area contributed by atoms with Gasteiger partial charge in [-0.05, 0) is 43.7 Å². The molecule has 0 saturated heterocycles. The lowest BCUT2D eigenvalue weighted by molar-refractivity contribution is -0.122. The molecule has 0 unspecified atom stereocenters. The number of amides is 1. The first-order valence-corrected chi connectivity index (χ1v) is 10.1. The van der Waals surface area contributed by atoms with E-state index in [1.807, 2.05) is 0 Å². The van der Waals surface area contributed by atoms with E-state index in [1.165, 1.54) is 4.31 Å². The molecule has 0 fully saturated rings. The fourth-order valence-electron chi connectivity index (χ4n) is 2.71. The van der Waals surface area contributed by atoms with Crippen LogP contribution in [0.4, 0.5) is 11.4 Å². The van der Waals surface area contributed by atoms with Crippen molar-refractivity contribution in [2.45, 2.75) is 20.0 Å². The molecular formula is C18H19ClN2O4S. The molecule has 0 aromatic heterocycles. The van der Waals surface area contributed by atoms with Gasteiger partial charge in [-0.25, -0.2) is 8.42 Å². The smallest absolute Gasteiger partial charge is 0.267 e. The van der Waals surface area contributed by atoms with Gasteiger partial charge >= 0.3 is 0 Å². The molecule has 2 aromatic carbocycles. The number of rotatable bonds is 4. The van der Waals surface area contributed by atoms with Gasteiger partial charge in [-0.3, -0.25) is 9.10 Å². The van der Waals surface area contributed by atoms with Crippen molar-refractivity contribution in [2.24, 2.45) is 0 Å². The fraction of sp³-hybridized carbons (Fsp3) is 0.278. The van der Waals surface area contributed by atoms with E-state index < -0.39 is 22.0 Å². The van der Waals surface area contributed by atoms with Gasteiger partial charge in [0.15, 0.2) is 6.10 Å². The minimum atomic E-state index is -3.54. The van der Waals surface area contributed by atoms with Crippen molar-refractivity contribution in [3.8, 4) is 5.75 Å². The number of nitrogens with one attached hydrogen (secondary N) is 1. The van der Waals surface area contributed by atoms with Crippen LogP contribution in [0.15, 0.2) is 42.5 Å². The zero-order chi connectivity index (χ0) is 18.9. The summed E-state index contributed by atoms with van der Waals surface area (Å²) in [7, 11) is -3.54. The van der Waals surface area contributed by atoms with Crippen LogP contribution in [-0.2, 0) is 14.8 Å². The van der Waals surface area contributed by atoms with Crippen molar-refractivity contribution in [3.05, 3.63) is 53.1 Å². The van der Waals surface area contributed by atoms with Gasteiger partial charge in [0, 0.05) is 10.7 Å². The Kier molecular flexibility index (Phi) is 5.11. The lowest BCUT2D eigenvalue weighted by Crippen LogP contribution is -2.49. The topological polar surface area (TPSA) is 75.7 Å². The quantitative estimate of drug-likeness (QED) is 0.863. The molecule has 8 heteroatoms. The van der Waals surface area contributed by atoms with E-state index in [1.54, 1.807) is 56.3 Å². The third kappa shape index (κ3) is 3.50. The molecule has 2 aromatic rings. The summed E-state index contributed by atoms with van der Waals surface area (Å²) >= 11 is 6.08. The first kappa shape index (κ1) is 18.5. The van der Waals surface area contributed by atoms with Crippen LogP contribution in [0.5, 0.6) is 5.75 Å². The first-order chi connectivity index (χ1) is 12.3. The number of carbonyl (C=O) groups is 1. The summed E-state index contributed by atoms with van der Waals surface area (Å²) in [5, 5.41) is 3.31. The standard InChI is InChI=1S/C18H19ClN2O4S/c1-3-26(23,24)21-11-17(25-16-10-5-4-9-15(16)21)18(22)20-14-8-6-7-13(19)12(14)2/h4-10,17H,3,11H2,1-2H3,(H,20,22)/t17-/m1/s1. The molecule has 1 heterocycles. The maximum Gasteiger partial charge on any atom is 0.267 e. The van der Waals surface area contributed by atoms with Crippen LogP contribution in [0.1, 0.15) is 12.5 Å². The van der Waals surface area contributed by atoms with Crippen LogP contribution < -0.4 is 14.4 Å². The normalized spacial score (nSPS) is 16.6. The summed E-state index contributed by atoms with van der Waals surface area (Å²) in [6.45, 7) is 3.28. The molecule has 138 valence electrons. The molecule has 1 aliphatic heterocycles. The van der Waals surface area contributed by atoms with Gasteiger partial charge in [-0.2, -0.15) is 0 Å². The number of anilines is 2. The predicted octanol–water partition coefficient (Wildman–Crippen LogP) is 3.20. The monoisotopic (exact) mass is 394 g/mol. The predicted molar refractivity (Wildman–Crippen MR) is 102 cm³/mol. The van der Waals surface area contributed by atoms with Gasteiger partial charge in [-0.1, -0.05) is 29.8 Å². The Balaban J connectivity index is 1.90. The number of ether oxygens (including phenoxy) is 1. The second-order valence-electron chi connectivity index (χ2n) is 5.91. The van der Waals surface area contributed by atoms with Crippen molar-refractivity contribution in [3.63, 3.8) is 0 Å². The molecule has 3 rings (SSSR count). The van der Waals surface area contributed by atoms with Crippen molar-refractivity contribution in [2.75, 3.05) is 21.9 Å². The van der Waals surface area contributed by atoms with Gasteiger partial charge in [-0.15, -0.1) is 0 Å². The summed E-state index contributed by atoms with van der Waals surface area (Å²) in [5.74, 6) is -0.136. The summed E-state index contributed by atoms with van der Waals surface area (Å²) in [4.78, 5) is 12.7. The Labute approximate surface area is 157 Å². The van der Waals surface area contributed by atoms with Crippen LogP contribution in [0.25, 0.3) is 0 Å². The van der Waals surface area contributed by atoms with Crippen LogP contribution in [0.2, 0.25) is 5.02 Å². The van der Waals surface area contributed by atoms with Crippen molar-refractivity contribution in [1.82, 2.24) is 0 Å². The number of fused-ring (bicyclic) bond motifs is 1.